The normalized spacial score (nSPS) is 11.7. The van der Waals surface area contributed by atoms with Crippen molar-refractivity contribution in [3.63, 3.8) is 0 Å². The fraction of sp³-hybridized carbons (Fsp3) is 0.250. The lowest BCUT2D eigenvalue weighted by atomic mass is 10.1. The lowest BCUT2D eigenvalue weighted by molar-refractivity contribution is -0.116. The van der Waals surface area contributed by atoms with Crippen LogP contribution in [0.25, 0.3) is 10.8 Å². The summed E-state index contributed by atoms with van der Waals surface area (Å²) in [7, 11) is 0. The Balaban J connectivity index is 1.60. The van der Waals surface area contributed by atoms with E-state index in [-0.39, 0.29) is 24.4 Å². The van der Waals surface area contributed by atoms with Crippen molar-refractivity contribution in [2.45, 2.75) is 32.7 Å². The quantitative estimate of drug-likeness (QED) is 0.430. The molecule has 0 aromatic heterocycles. The summed E-state index contributed by atoms with van der Waals surface area (Å²) in [5.74, 6) is -0.116. The highest BCUT2D eigenvalue weighted by molar-refractivity contribution is 9.10. The van der Waals surface area contributed by atoms with Gasteiger partial charge >= 0.3 is 6.03 Å². The van der Waals surface area contributed by atoms with Gasteiger partial charge in [-0.2, -0.15) is 0 Å². The molecule has 0 fully saturated rings. The Labute approximate surface area is 185 Å². The van der Waals surface area contributed by atoms with Gasteiger partial charge in [-0.05, 0) is 60.5 Å². The molecule has 0 saturated heterocycles. The minimum atomic E-state index is -0.204. The molecule has 5 nitrogen and oxygen atoms in total. The van der Waals surface area contributed by atoms with Gasteiger partial charge in [-0.1, -0.05) is 53.2 Å². The molecule has 1 unspecified atom stereocenters. The standard InChI is InChI=1S/C24H26BrN3O2/c1-3-17(2)28(24(30)27-21-12-9-20(25)10-13-21)15-14-23(29)26-22-11-8-18-6-4-5-7-19(18)16-22/h4-13,16-17H,3,14-15H2,1-2H3,(H,26,29)(H,27,30). The predicted molar refractivity (Wildman–Crippen MR) is 127 cm³/mol. The number of carbonyl (C=O) groups is 2. The first-order valence-electron chi connectivity index (χ1n) is 10.1. The van der Waals surface area contributed by atoms with Crippen LogP contribution in [0.2, 0.25) is 0 Å². The number of rotatable bonds is 7. The fourth-order valence-electron chi connectivity index (χ4n) is 3.18. The Hall–Kier alpha value is -2.86. The summed E-state index contributed by atoms with van der Waals surface area (Å²) in [5, 5.41) is 8.05. The van der Waals surface area contributed by atoms with Crippen LogP contribution in [0.1, 0.15) is 26.7 Å². The predicted octanol–water partition coefficient (Wildman–Crippen LogP) is 6.26. The van der Waals surface area contributed by atoms with Crippen LogP contribution in [0.15, 0.2) is 71.2 Å². The van der Waals surface area contributed by atoms with Crippen molar-refractivity contribution in [1.82, 2.24) is 4.90 Å². The molecule has 3 aromatic carbocycles. The maximum atomic E-state index is 12.8. The number of anilines is 2. The molecule has 0 radical (unpaired) electrons. The molecule has 156 valence electrons. The molecule has 1 atom stereocenters. The average molecular weight is 468 g/mol. The van der Waals surface area contributed by atoms with Crippen LogP contribution in [0.4, 0.5) is 16.2 Å². The molecule has 2 N–H and O–H groups in total. The van der Waals surface area contributed by atoms with Gasteiger partial charge in [0.2, 0.25) is 5.91 Å². The van der Waals surface area contributed by atoms with Crippen molar-refractivity contribution in [2.24, 2.45) is 0 Å². The molecule has 6 heteroatoms. The fourth-order valence-corrected chi connectivity index (χ4v) is 3.45. The third-order valence-corrected chi connectivity index (χ3v) is 5.62. The first kappa shape index (κ1) is 21.8. The third kappa shape index (κ3) is 5.83. The van der Waals surface area contributed by atoms with E-state index in [9.17, 15) is 9.59 Å². The van der Waals surface area contributed by atoms with Gasteiger partial charge in [0.05, 0.1) is 0 Å². The maximum Gasteiger partial charge on any atom is 0.322 e. The van der Waals surface area contributed by atoms with Gasteiger partial charge in [0.25, 0.3) is 0 Å². The number of nitrogens with zero attached hydrogens (tertiary/aromatic N) is 1. The van der Waals surface area contributed by atoms with Crippen LogP contribution in [-0.4, -0.2) is 29.4 Å². The van der Waals surface area contributed by atoms with E-state index in [2.05, 4.69) is 26.6 Å². The second kappa shape index (κ2) is 10.3. The second-order valence-corrected chi connectivity index (χ2v) is 8.16. The van der Waals surface area contributed by atoms with Crippen molar-refractivity contribution < 1.29 is 9.59 Å². The third-order valence-electron chi connectivity index (χ3n) is 5.09. The van der Waals surface area contributed by atoms with E-state index in [0.717, 1.165) is 33.0 Å². The van der Waals surface area contributed by atoms with E-state index in [1.807, 2.05) is 80.6 Å². The molecule has 30 heavy (non-hydrogen) atoms. The number of fused-ring (bicyclic) bond motifs is 1. The van der Waals surface area contributed by atoms with Gasteiger partial charge in [0, 0.05) is 34.9 Å². The highest BCUT2D eigenvalue weighted by Crippen LogP contribution is 2.19. The second-order valence-electron chi connectivity index (χ2n) is 7.25. The van der Waals surface area contributed by atoms with E-state index in [1.54, 1.807) is 4.90 Å². The Morgan fingerprint density at radius 1 is 0.933 bits per heavy atom. The van der Waals surface area contributed by atoms with E-state index in [1.165, 1.54) is 0 Å². The summed E-state index contributed by atoms with van der Waals surface area (Å²) < 4.78 is 0.949. The zero-order valence-electron chi connectivity index (χ0n) is 17.2. The van der Waals surface area contributed by atoms with Gasteiger partial charge in [-0.3, -0.25) is 4.79 Å². The number of carbonyl (C=O) groups excluding carboxylic acids is 2. The smallest absolute Gasteiger partial charge is 0.322 e. The summed E-state index contributed by atoms with van der Waals surface area (Å²) in [6.45, 7) is 4.36. The molecule has 0 saturated carbocycles. The first-order valence-corrected chi connectivity index (χ1v) is 10.9. The van der Waals surface area contributed by atoms with Crippen molar-refractivity contribution in [2.75, 3.05) is 17.2 Å². The van der Waals surface area contributed by atoms with Crippen molar-refractivity contribution in [1.29, 1.82) is 0 Å². The number of amides is 3. The summed E-state index contributed by atoms with van der Waals surface area (Å²) in [6, 6.07) is 21.1. The molecule has 0 bridgehead atoms. The number of benzene rings is 3. The summed E-state index contributed by atoms with van der Waals surface area (Å²) in [6.07, 6.45) is 1.03. The summed E-state index contributed by atoms with van der Waals surface area (Å²) >= 11 is 3.39. The lowest BCUT2D eigenvalue weighted by Crippen LogP contribution is -2.42. The number of nitrogens with one attached hydrogen (secondary N) is 2. The lowest BCUT2D eigenvalue weighted by Gasteiger charge is -2.28. The van der Waals surface area contributed by atoms with Crippen molar-refractivity contribution in [3.05, 3.63) is 71.2 Å². The van der Waals surface area contributed by atoms with Crippen molar-refractivity contribution in [3.8, 4) is 0 Å². The van der Waals surface area contributed by atoms with Crippen LogP contribution < -0.4 is 10.6 Å². The van der Waals surface area contributed by atoms with Crippen LogP contribution in [0.5, 0.6) is 0 Å². The van der Waals surface area contributed by atoms with Gasteiger partial charge < -0.3 is 15.5 Å². The van der Waals surface area contributed by atoms with E-state index in [0.29, 0.717) is 6.54 Å². The van der Waals surface area contributed by atoms with E-state index < -0.39 is 0 Å². The minimum absolute atomic E-state index is 0.0221. The monoisotopic (exact) mass is 467 g/mol. The molecule has 3 aromatic rings. The number of hydrogen-bond acceptors (Lipinski definition) is 2. The zero-order chi connectivity index (χ0) is 21.5. The molecular weight excluding hydrogens is 442 g/mol. The largest absolute Gasteiger partial charge is 0.326 e. The van der Waals surface area contributed by atoms with Crippen LogP contribution in [0, 0.1) is 0 Å². The number of urea groups is 1. The van der Waals surface area contributed by atoms with Gasteiger partial charge in [0.15, 0.2) is 0 Å². The molecule has 0 heterocycles. The Bertz CT molecular complexity index is 1020. The van der Waals surface area contributed by atoms with Gasteiger partial charge in [-0.15, -0.1) is 0 Å². The summed E-state index contributed by atoms with van der Waals surface area (Å²) in [5.41, 5.74) is 1.48. The number of halogens is 1. The topological polar surface area (TPSA) is 61.4 Å². The zero-order valence-corrected chi connectivity index (χ0v) is 18.8. The maximum absolute atomic E-state index is 12.8. The van der Waals surface area contributed by atoms with Gasteiger partial charge in [0.1, 0.15) is 0 Å². The SMILES string of the molecule is CCC(C)N(CCC(=O)Nc1ccc2ccccc2c1)C(=O)Nc1ccc(Br)cc1. The highest BCUT2D eigenvalue weighted by atomic mass is 79.9. The Morgan fingerprint density at radius 3 is 2.30 bits per heavy atom. The average Bonchev–Trinajstić information content (AvgIpc) is 2.75. The van der Waals surface area contributed by atoms with E-state index in [4.69, 9.17) is 0 Å². The molecule has 3 amide bonds. The molecule has 0 aliphatic rings. The van der Waals surface area contributed by atoms with Crippen LogP contribution in [0.3, 0.4) is 0 Å². The van der Waals surface area contributed by atoms with Crippen LogP contribution in [-0.2, 0) is 4.79 Å². The molecule has 0 spiro atoms. The molecule has 0 aliphatic heterocycles. The van der Waals surface area contributed by atoms with Crippen molar-refractivity contribution >= 4 is 50.0 Å². The number of hydrogen-bond donors (Lipinski definition) is 2. The minimum Gasteiger partial charge on any atom is -0.326 e. The highest BCUT2D eigenvalue weighted by Gasteiger charge is 2.20. The molecule has 3 rings (SSSR count). The summed E-state index contributed by atoms with van der Waals surface area (Å²) in [4.78, 5) is 27.0. The first-order chi connectivity index (χ1) is 14.5. The van der Waals surface area contributed by atoms with Crippen LogP contribution >= 0.6 is 15.9 Å². The Kier molecular flexibility index (Phi) is 7.46. The Morgan fingerprint density at radius 2 is 1.60 bits per heavy atom. The van der Waals surface area contributed by atoms with E-state index >= 15 is 0 Å². The molecular formula is C24H26BrN3O2. The van der Waals surface area contributed by atoms with Gasteiger partial charge in [-0.25, -0.2) is 4.79 Å². The molecule has 0 aliphatic carbocycles.